The Bertz CT molecular complexity index is 276. The van der Waals surface area contributed by atoms with Gasteiger partial charge in [-0.05, 0) is 20.8 Å². The van der Waals surface area contributed by atoms with E-state index in [2.05, 4.69) is 5.32 Å². The Morgan fingerprint density at radius 2 is 1.81 bits per heavy atom. The van der Waals surface area contributed by atoms with E-state index >= 15 is 0 Å². The van der Waals surface area contributed by atoms with Gasteiger partial charge >= 0.3 is 0 Å². The van der Waals surface area contributed by atoms with Crippen LogP contribution in [0.2, 0.25) is 0 Å². The molecule has 0 spiro atoms. The highest BCUT2D eigenvalue weighted by atomic mass is 16.2. The quantitative estimate of drug-likeness (QED) is 0.713. The largest absolute Gasteiger partial charge is 0.345 e. The molecule has 16 heavy (non-hydrogen) atoms. The Kier molecular flexibility index (Phi) is 6.37. The predicted molar refractivity (Wildman–Crippen MR) is 60.8 cm³/mol. The van der Waals surface area contributed by atoms with Crippen LogP contribution in [0.1, 0.15) is 33.6 Å². The molecule has 0 aromatic carbocycles. The number of hydrogen-bond donors (Lipinski definition) is 1. The lowest BCUT2D eigenvalue weighted by Gasteiger charge is -2.20. The number of carbonyl (C=O) groups is 3. The molecule has 2 amide bonds. The van der Waals surface area contributed by atoms with Gasteiger partial charge < -0.3 is 15.0 Å². The number of nitrogens with zero attached hydrogens (tertiary/aromatic N) is 1. The van der Waals surface area contributed by atoms with Gasteiger partial charge in [0.15, 0.2) is 0 Å². The molecule has 0 radical (unpaired) electrons. The number of rotatable bonds is 6. The van der Waals surface area contributed by atoms with Crippen LogP contribution in [0.3, 0.4) is 0 Å². The second-order valence-corrected chi connectivity index (χ2v) is 3.84. The van der Waals surface area contributed by atoms with Crippen molar-refractivity contribution in [3.8, 4) is 0 Å². The summed E-state index contributed by atoms with van der Waals surface area (Å²) in [6, 6.07) is -0.538. The van der Waals surface area contributed by atoms with Gasteiger partial charge in [0.25, 0.3) is 0 Å². The van der Waals surface area contributed by atoms with Crippen LogP contribution in [-0.4, -0.2) is 42.1 Å². The molecule has 0 rings (SSSR count). The Balaban J connectivity index is 4.04. The molecule has 1 unspecified atom stereocenters. The molecule has 0 aliphatic rings. The van der Waals surface area contributed by atoms with Gasteiger partial charge in [0.1, 0.15) is 11.8 Å². The first-order valence-electron chi connectivity index (χ1n) is 5.42. The summed E-state index contributed by atoms with van der Waals surface area (Å²) in [4.78, 5) is 35.1. The molecule has 0 aromatic heterocycles. The minimum atomic E-state index is -0.538. The molecule has 0 saturated carbocycles. The summed E-state index contributed by atoms with van der Waals surface area (Å²) in [6.45, 7) is 5.54. The van der Waals surface area contributed by atoms with Gasteiger partial charge in [-0.25, -0.2) is 0 Å². The van der Waals surface area contributed by atoms with Crippen LogP contribution >= 0.6 is 0 Å². The fourth-order valence-corrected chi connectivity index (χ4v) is 1.15. The molecular weight excluding hydrogens is 208 g/mol. The fourth-order valence-electron chi connectivity index (χ4n) is 1.15. The molecule has 0 bridgehead atoms. The maximum atomic E-state index is 11.6. The van der Waals surface area contributed by atoms with Crippen molar-refractivity contribution in [2.24, 2.45) is 0 Å². The highest BCUT2D eigenvalue weighted by Gasteiger charge is 2.18. The van der Waals surface area contributed by atoms with Crippen molar-refractivity contribution < 1.29 is 14.4 Å². The molecule has 1 atom stereocenters. The maximum absolute atomic E-state index is 11.6. The fraction of sp³-hybridized carbons (Fsp3) is 0.727. The van der Waals surface area contributed by atoms with Gasteiger partial charge in [-0.1, -0.05) is 0 Å². The van der Waals surface area contributed by atoms with Crippen LogP contribution < -0.4 is 5.32 Å². The lowest BCUT2D eigenvalue weighted by atomic mass is 10.2. The van der Waals surface area contributed by atoms with E-state index in [1.54, 1.807) is 14.0 Å². The molecule has 1 N–H and O–H groups in total. The first kappa shape index (κ1) is 14.6. The summed E-state index contributed by atoms with van der Waals surface area (Å²) >= 11 is 0. The highest BCUT2D eigenvalue weighted by Crippen LogP contribution is 1.95. The average molecular weight is 228 g/mol. The summed E-state index contributed by atoms with van der Waals surface area (Å²) in [5.74, 6) is -0.418. The Hall–Kier alpha value is -1.39. The van der Waals surface area contributed by atoms with Gasteiger partial charge in [0.2, 0.25) is 11.8 Å². The van der Waals surface area contributed by atoms with E-state index in [1.807, 2.05) is 6.92 Å². The average Bonchev–Trinajstić information content (AvgIpc) is 2.24. The topological polar surface area (TPSA) is 66.5 Å². The molecule has 0 aliphatic carbocycles. The number of hydrogen-bond acceptors (Lipinski definition) is 3. The predicted octanol–water partition coefficient (Wildman–Crippen LogP) is 0.339. The zero-order chi connectivity index (χ0) is 12.7. The molecule has 0 aliphatic heterocycles. The second kappa shape index (κ2) is 6.98. The van der Waals surface area contributed by atoms with Crippen molar-refractivity contribution in [3.05, 3.63) is 0 Å². The van der Waals surface area contributed by atoms with Crippen LogP contribution in [-0.2, 0) is 14.4 Å². The highest BCUT2D eigenvalue weighted by molar-refractivity contribution is 5.88. The van der Waals surface area contributed by atoms with Gasteiger partial charge in [-0.3, -0.25) is 9.59 Å². The minimum Gasteiger partial charge on any atom is -0.345 e. The Labute approximate surface area is 96.2 Å². The van der Waals surface area contributed by atoms with Gasteiger partial charge in [-0.15, -0.1) is 0 Å². The van der Waals surface area contributed by atoms with Crippen molar-refractivity contribution in [1.82, 2.24) is 10.2 Å². The number of ketones is 1. The van der Waals surface area contributed by atoms with Crippen molar-refractivity contribution in [3.63, 3.8) is 0 Å². The van der Waals surface area contributed by atoms with E-state index in [0.717, 1.165) is 0 Å². The van der Waals surface area contributed by atoms with Gasteiger partial charge in [0, 0.05) is 26.4 Å². The second-order valence-electron chi connectivity index (χ2n) is 3.84. The van der Waals surface area contributed by atoms with E-state index < -0.39 is 6.04 Å². The first-order valence-corrected chi connectivity index (χ1v) is 5.42. The SMILES string of the molecule is CCN(C)C(=O)C(C)NC(=O)CCC(C)=O. The normalized spacial score (nSPS) is 11.8. The smallest absolute Gasteiger partial charge is 0.244 e. The molecule has 0 saturated heterocycles. The van der Waals surface area contributed by atoms with Crippen molar-refractivity contribution in [2.45, 2.75) is 39.7 Å². The van der Waals surface area contributed by atoms with Crippen LogP contribution in [0.15, 0.2) is 0 Å². The number of carbonyl (C=O) groups excluding carboxylic acids is 3. The molecule has 5 nitrogen and oxygen atoms in total. The van der Waals surface area contributed by atoms with E-state index in [9.17, 15) is 14.4 Å². The number of amides is 2. The van der Waals surface area contributed by atoms with Crippen molar-refractivity contribution >= 4 is 17.6 Å². The molecule has 0 aromatic rings. The van der Waals surface area contributed by atoms with Crippen LogP contribution in [0.4, 0.5) is 0 Å². The van der Waals surface area contributed by atoms with Crippen LogP contribution in [0, 0.1) is 0 Å². The Morgan fingerprint density at radius 1 is 1.25 bits per heavy atom. The van der Waals surface area contributed by atoms with E-state index in [-0.39, 0.29) is 30.4 Å². The Morgan fingerprint density at radius 3 is 2.25 bits per heavy atom. The van der Waals surface area contributed by atoms with Crippen molar-refractivity contribution in [2.75, 3.05) is 13.6 Å². The summed E-state index contributed by atoms with van der Waals surface area (Å²) in [5, 5.41) is 2.57. The van der Waals surface area contributed by atoms with Crippen molar-refractivity contribution in [1.29, 1.82) is 0 Å². The van der Waals surface area contributed by atoms with E-state index in [0.29, 0.717) is 6.54 Å². The maximum Gasteiger partial charge on any atom is 0.244 e. The van der Waals surface area contributed by atoms with E-state index in [4.69, 9.17) is 0 Å². The summed E-state index contributed by atoms with van der Waals surface area (Å²) in [5.41, 5.74) is 0. The summed E-state index contributed by atoms with van der Waals surface area (Å²) < 4.78 is 0. The lowest BCUT2D eigenvalue weighted by molar-refractivity contribution is -0.134. The number of likely N-dealkylation sites (N-methyl/N-ethyl adjacent to an activating group) is 1. The molecule has 0 heterocycles. The third-order valence-electron chi connectivity index (χ3n) is 2.30. The standard InChI is InChI=1S/C11H20N2O3/c1-5-13(4)11(16)9(3)12-10(15)7-6-8(2)14/h9H,5-7H2,1-4H3,(H,12,15). The minimum absolute atomic E-state index is 0.0280. The van der Waals surface area contributed by atoms with Crippen LogP contribution in [0.25, 0.3) is 0 Å². The third kappa shape index (κ3) is 5.48. The third-order valence-corrected chi connectivity index (χ3v) is 2.30. The number of Topliss-reactive ketones (excluding diaryl/α,β-unsaturated/α-hetero) is 1. The zero-order valence-corrected chi connectivity index (χ0v) is 10.4. The lowest BCUT2D eigenvalue weighted by Crippen LogP contribution is -2.45. The van der Waals surface area contributed by atoms with Gasteiger partial charge in [-0.2, -0.15) is 0 Å². The number of nitrogens with one attached hydrogen (secondary N) is 1. The van der Waals surface area contributed by atoms with Gasteiger partial charge in [0.05, 0.1) is 0 Å². The summed E-state index contributed by atoms with van der Waals surface area (Å²) in [6.07, 6.45) is 0.360. The molecule has 5 heteroatoms. The summed E-state index contributed by atoms with van der Waals surface area (Å²) in [7, 11) is 1.68. The first-order chi connectivity index (χ1) is 7.38. The molecular formula is C11H20N2O3. The monoisotopic (exact) mass is 228 g/mol. The molecule has 92 valence electrons. The van der Waals surface area contributed by atoms with E-state index in [1.165, 1.54) is 11.8 Å². The van der Waals surface area contributed by atoms with Crippen LogP contribution in [0.5, 0.6) is 0 Å². The zero-order valence-electron chi connectivity index (χ0n) is 10.4. The molecule has 0 fully saturated rings.